The van der Waals surface area contributed by atoms with Crippen molar-refractivity contribution in [3.05, 3.63) is 24.2 Å². The van der Waals surface area contributed by atoms with Gasteiger partial charge in [0.15, 0.2) is 0 Å². The molecule has 0 radical (unpaired) electrons. The number of nitrogens with one attached hydrogen (secondary N) is 2. The lowest BCUT2D eigenvalue weighted by Crippen LogP contribution is -2.43. The molecule has 2 aliphatic carbocycles. The van der Waals surface area contributed by atoms with Gasteiger partial charge in [0, 0.05) is 13.1 Å². The first-order valence-electron chi connectivity index (χ1n) is 11.7. The molecule has 198 valence electrons. The Morgan fingerprint density at radius 1 is 1.28 bits per heavy atom. The first kappa shape index (κ1) is 24.8. The molecule has 2 saturated carbocycles. The predicted octanol–water partition coefficient (Wildman–Crippen LogP) is 1.75. The van der Waals surface area contributed by atoms with Gasteiger partial charge >= 0.3 is 22.5 Å². The minimum atomic E-state index is -4.84. The number of hydrogen-bond donors (Lipinski definition) is 3. The first-order valence-corrected chi connectivity index (χ1v) is 13.1. The number of nitrogens with zero attached hydrogens (tertiary/aromatic N) is 4. The standard InChI is InChI=1S/C21H30N6O8S/c1-12(23-17(28)34-19(2,3)4)22-11-21(7-8-21)16-25-24-15(33-16)13-9-20(5-6-20)14-10-26(13)18(29)27(14)35-36(30,31)32/h13-14,22H,1,5-11H2,2-4H3,(H,23,28)(H,30,31,32)/t13-,14-/m0/s1. The van der Waals surface area contributed by atoms with Gasteiger partial charge in [0.25, 0.3) is 0 Å². The normalized spacial score (nSPS) is 25.6. The highest BCUT2D eigenvalue weighted by atomic mass is 32.3. The zero-order valence-corrected chi connectivity index (χ0v) is 21.1. The van der Waals surface area contributed by atoms with E-state index in [1.807, 2.05) is 0 Å². The van der Waals surface area contributed by atoms with E-state index in [-0.39, 0.29) is 23.7 Å². The first-order chi connectivity index (χ1) is 16.7. The van der Waals surface area contributed by atoms with Crippen LogP contribution in [-0.2, 0) is 24.8 Å². The van der Waals surface area contributed by atoms with Crippen LogP contribution in [0.5, 0.6) is 0 Å². The Bertz CT molecular complexity index is 1200. The Labute approximate surface area is 208 Å². The Kier molecular flexibility index (Phi) is 5.54. The van der Waals surface area contributed by atoms with Crippen molar-refractivity contribution in [2.45, 2.75) is 76.0 Å². The summed E-state index contributed by atoms with van der Waals surface area (Å²) in [4.78, 5) is 26.3. The molecule has 1 aromatic heterocycles. The number of alkyl carbamates (subject to hydrolysis) is 1. The zero-order valence-electron chi connectivity index (χ0n) is 20.3. The zero-order chi connectivity index (χ0) is 26.1. The molecule has 2 atom stereocenters. The summed E-state index contributed by atoms with van der Waals surface area (Å²) in [6, 6.07) is -1.67. The average Bonchev–Trinajstić information content (AvgIpc) is 3.63. The summed E-state index contributed by atoms with van der Waals surface area (Å²) in [6.07, 6.45) is 3.08. The molecule has 3 heterocycles. The van der Waals surface area contributed by atoms with E-state index in [9.17, 15) is 18.0 Å². The monoisotopic (exact) mass is 526 g/mol. The summed E-state index contributed by atoms with van der Waals surface area (Å²) in [5.41, 5.74) is -1.38. The molecule has 0 aromatic carbocycles. The average molecular weight is 527 g/mol. The number of rotatable bonds is 8. The summed E-state index contributed by atoms with van der Waals surface area (Å²) in [6.45, 7) is 9.74. The van der Waals surface area contributed by atoms with Crippen molar-refractivity contribution < 1.29 is 36.0 Å². The minimum Gasteiger partial charge on any atom is -0.444 e. The molecule has 36 heavy (non-hydrogen) atoms. The van der Waals surface area contributed by atoms with Crippen molar-refractivity contribution in [2.24, 2.45) is 5.41 Å². The molecule has 0 unspecified atom stereocenters. The molecule has 14 nitrogen and oxygen atoms in total. The highest BCUT2D eigenvalue weighted by molar-refractivity contribution is 7.80. The van der Waals surface area contributed by atoms with Gasteiger partial charge in [-0.05, 0) is 58.3 Å². The Balaban J connectivity index is 1.25. The van der Waals surface area contributed by atoms with Gasteiger partial charge in [-0.1, -0.05) is 6.58 Å². The maximum Gasteiger partial charge on any atom is 0.418 e. The number of urea groups is 1. The summed E-state index contributed by atoms with van der Waals surface area (Å²) in [5.74, 6) is 0.972. The second-order valence-electron chi connectivity index (χ2n) is 11.0. The molecule has 1 aromatic rings. The lowest BCUT2D eigenvalue weighted by Gasteiger charge is -2.34. The Hall–Kier alpha value is -2.91. The van der Waals surface area contributed by atoms with Crippen LogP contribution in [0.4, 0.5) is 9.59 Å². The van der Waals surface area contributed by atoms with Crippen LogP contribution >= 0.6 is 0 Å². The van der Waals surface area contributed by atoms with Crippen molar-refractivity contribution in [2.75, 3.05) is 13.1 Å². The Morgan fingerprint density at radius 2 is 1.97 bits per heavy atom. The molecular weight excluding hydrogens is 496 g/mol. The third-order valence-corrected chi connectivity index (χ3v) is 7.51. The van der Waals surface area contributed by atoms with Crippen LogP contribution in [-0.4, -0.2) is 70.0 Å². The number of fused-ring (bicyclic) bond motifs is 3. The molecule has 2 saturated heterocycles. The molecular formula is C21H30N6O8S. The van der Waals surface area contributed by atoms with Crippen LogP contribution in [0.1, 0.15) is 70.7 Å². The number of piperidine rings is 1. The van der Waals surface area contributed by atoms with Gasteiger partial charge in [0.1, 0.15) is 17.5 Å². The van der Waals surface area contributed by atoms with Crippen molar-refractivity contribution in [3.63, 3.8) is 0 Å². The van der Waals surface area contributed by atoms with E-state index in [1.165, 1.54) is 4.90 Å². The third kappa shape index (κ3) is 4.74. The second kappa shape index (κ2) is 8.05. The van der Waals surface area contributed by atoms with Gasteiger partial charge < -0.3 is 19.4 Å². The highest BCUT2D eigenvalue weighted by Crippen LogP contribution is 2.62. The summed E-state index contributed by atoms with van der Waals surface area (Å²) in [7, 11) is -4.84. The number of carbonyl (C=O) groups is 2. The number of carbonyl (C=O) groups excluding carboxylic acids is 2. The van der Waals surface area contributed by atoms with Gasteiger partial charge in [0.2, 0.25) is 11.8 Å². The molecule has 3 amide bonds. The van der Waals surface area contributed by atoms with Crippen LogP contribution in [0.15, 0.2) is 16.8 Å². The van der Waals surface area contributed by atoms with Crippen LogP contribution in [0.25, 0.3) is 0 Å². The van der Waals surface area contributed by atoms with E-state index in [4.69, 9.17) is 13.7 Å². The quantitative estimate of drug-likeness (QED) is 0.421. The van der Waals surface area contributed by atoms with Crippen LogP contribution in [0.3, 0.4) is 0 Å². The van der Waals surface area contributed by atoms with E-state index in [0.717, 1.165) is 30.7 Å². The minimum absolute atomic E-state index is 0.236. The van der Waals surface area contributed by atoms with Gasteiger partial charge in [0.05, 0.1) is 11.5 Å². The van der Waals surface area contributed by atoms with Crippen molar-refractivity contribution in [1.82, 2.24) is 30.8 Å². The van der Waals surface area contributed by atoms with E-state index in [2.05, 4.69) is 31.7 Å². The fourth-order valence-electron chi connectivity index (χ4n) is 4.98. The van der Waals surface area contributed by atoms with Crippen LogP contribution < -0.4 is 10.6 Å². The SMILES string of the molecule is C=C(NCC1(c2nnc([C@@H]3CC4(CC4)[C@@H]4CN3C(=O)N4OS(=O)(=O)O)o2)CC1)NC(=O)OC(C)(C)C. The molecule has 15 heteroatoms. The lowest BCUT2D eigenvalue weighted by molar-refractivity contribution is -0.0530. The summed E-state index contributed by atoms with van der Waals surface area (Å²) < 4.78 is 47.6. The maximum absolute atomic E-state index is 12.9. The smallest absolute Gasteiger partial charge is 0.418 e. The van der Waals surface area contributed by atoms with Crippen LogP contribution in [0, 0.1) is 5.41 Å². The lowest BCUT2D eigenvalue weighted by atomic mass is 9.85. The van der Waals surface area contributed by atoms with Crippen molar-refractivity contribution in [1.29, 1.82) is 0 Å². The third-order valence-electron chi connectivity index (χ3n) is 7.16. The topological polar surface area (TPSA) is 176 Å². The van der Waals surface area contributed by atoms with E-state index in [1.54, 1.807) is 20.8 Å². The Morgan fingerprint density at radius 3 is 2.56 bits per heavy atom. The maximum atomic E-state index is 12.9. The summed E-state index contributed by atoms with van der Waals surface area (Å²) >= 11 is 0. The predicted molar refractivity (Wildman–Crippen MR) is 121 cm³/mol. The number of ether oxygens (including phenoxy) is 1. The molecule has 1 spiro atoms. The van der Waals surface area contributed by atoms with Gasteiger partial charge in [-0.25, -0.2) is 9.59 Å². The van der Waals surface area contributed by atoms with Gasteiger partial charge in [-0.3, -0.25) is 9.87 Å². The van der Waals surface area contributed by atoms with E-state index < -0.39 is 45.6 Å². The van der Waals surface area contributed by atoms with E-state index >= 15 is 0 Å². The molecule has 2 aliphatic heterocycles. The molecule has 5 rings (SSSR count). The fourth-order valence-corrected chi connectivity index (χ4v) is 5.35. The largest absolute Gasteiger partial charge is 0.444 e. The van der Waals surface area contributed by atoms with Crippen molar-refractivity contribution >= 4 is 22.5 Å². The summed E-state index contributed by atoms with van der Waals surface area (Å²) in [5, 5.41) is 14.9. The fraction of sp³-hybridized carbons (Fsp3) is 0.714. The number of hydroxylamine groups is 2. The van der Waals surface area contributed by atoms with Crippen molar-refractivity contribution in [3.8, 4) is 0 Å². The second-order valence-corrected chi connectivity index (χ2v) is 12.1. The van der Waals surface area contributed by atoms with Gasteiger partial charge in [-0.2, -0.15) is 13.5 Å². The number of amides is 3. The van der Waals surface area contributed by atoms with E-state index in [0.29, 0.717) is 18.9 Å². The van der Waals surface area contributed by atoms with Gasteiger partial charge in [-0.15, -0.1) is 14.5 Å². The molecule has 2 bridgehead atoms. The highest BCUT2D eigenvalue weighted by Gasteiger charge is 2.65. The molecule has 4 aliphatic rings. The molecule has 3 N–H and O–H groups in total. The number of aromatic nitrogens is 2. The molecule has 4 fully saturated rings. The number of hydrogen-bond acceptors (Lipinski definition) is 10. The van der Waals surface area contributed by atoms with Crippen LogP contribution in [0.2, 0.25) is 0 Å².